The van der Waals surface area contributed by atoms with Gasteiger partial charge in [-0.25, -0.2) is 13.8 Å². The van der Waals surface area contributed by atoms with Crippen LogP contribution >= 0.6 is 0 Å². The largest absolute Gasteiger partial charge is 0.439 e. The number of carbonyl (C=O) groups excluding carboxylic acids is 2. The van der Waals surface area contributed by atoms with Crippen molar-refractivity contribution in [3.8, 4) is 11.6 Å². The summed E-state index contributed by atoms with van der Waals surface area (Å²) in [6.07, 6.45) is 1.47. The van der Waals surface area contributed by atoms with Gasteiger partial charge in [0, 0.05) is 31.3 Å². The van der Waals surface area contributed by atoms with Crippen molar-refractivity contribution in [1.82, 2.24) is 15.6 Å². The van der Waals surface area contributed by atoms with Gasteiger partial charge < -0.3 is 15.4 Å². The summed E-state index contributed by atoms with van der Waals surface area (Å²) in [5.74, 6) is -2.47. The van der Waals surface area contributed by atoms with Crippen molar-refractivity contribution in [2.45, 2.75) is 26.4 Å². The Hall–Kier alpha value is -3.03. The van der Waals surface area contributed by atoms with E-state index >= 15 is 0 Å². The average molecular weight is 349 g/mol. The number of amides is 2. The fourth-order valence-corrected chi connectivity index (χ4v) is 2.01. The van der Waals surface area contributed by atoms with Crippen LogP contribution in [-0.2, 0) is 16.1 Å². The van der Waals surface area contributed by atoms with Crippen LogP contribution in [0.3, 0.4) is 0 Å². The van der Waals surface area contributed by atoms with Gasteiger partial charge in [0.2, 0.25) is 17.7 Å². The van der Waals surface area contributed by atoms with Gasteiger partial charge in [-0.05, 0) is 25.1 Å². The van der Waals surface area contributed by atoms with Crippen LogP contribution in [0.25, 0.3) is 0 Å². The van der Waals surface area contributed by atoms with Crippen molar-refractivity contribution in [2.75, 3.05) is 0 Å². The molecule has 2 rings (SSSR count). The molecule has 2 aromatic rings. The molecule has 0 saturated carbocycles. The van der Waals surface area contributed by atoms with Crippen molar-refractivity contribution in [3.63, 3.8) is 0 Å². The highest BCUT2D eigenvalue weighted by molar-refractivity contribution is 5.86. The number of ether oxygens (including phenoxy) is 1. The van der Waals surface area contributed by atoms with Crippen LogP contribution in [0.1, 0.15) is 19.4 Å². The van der Waals surface area contributed by atoms with E-state index in [0.29, 0.717) is 5.56 Å². The molecule has 0 aliphatic carbocycles. The van der Waals surface area contributed by atoms with Crippen molar-refractivity contribution < 1.29 is 23.1 Å². The van der Waals surface area contributed by atoms with Crippen molar-refractivity contribution in [3.05, 3.63) is 53.7 Å². The number of pyridine rings is 1. The van der Waals surface area contributed by atoms with E-state index in [-0.39, 0.29) is 30.0 Å². The zero-order valence-corrected chi connectivity index (χ0v) is 13.7. The maximum absolute atomic E-state index is 13.3. The fraction of sp³-hybridized carbons (Fsp3) is 0.235. The molecule has 0 saturated heterocycles. The fourth-order valence-electron chi connectivity index (χ4n) is 2.01. The first-order chi connectivity index (χ1) is 11.9. The summed E-state index contributed by atoms with van der Waals surface area (Å²) in [4.78, 5) is 26.9. The second-order valence-corrected chi connectivity index (χ2v) is 5.29. The van der Waals surface area contributed by atoms with Crippen LogP contribution in [0, 0.1) is 11.6 Å². The Morgan fingerprint density at radius 2 is 2.00 bits per heavy atom. The van der Waals surface area contributed by atoms with E-state index in [9.17, 15) is 18.4 Å². The third-order valence-corrected chi connectivity index (χ3v) is 3.22. The lowest BCUT2D eigenvalue weighted by atomic mass is 10.2. The maximum Gasteiger partial charge on any atom is 0.242 e. The third kappa shape index (κ3) is 5.23. The molecule has 0 spiro atoms. The lowest BCUT2D eigenvalue weighted by molar-refractivity contribution is -0.127. The molecule has 0 radical (unpaired) electrons. The molecule has 1 unspecified atom stereocenters. The lowest BCUT2D eigenvalue weighted by Crippen LogP contribution is -2.43. The van der Waals surface area contributed by atoms with Crippen LogP contribution in [0.5, 0.6) is 11.6 Å². The minimum absolute atomic E-state index is 0.0804. The zero-order valence-electron chi connectivity index (χ0n) is 13.7. The summed E-state index contributed by atoms with van der Waals surface area (Å²) in [5.41, 5.74) is 0.538. The number of nitrogens with zero attached hydrogens (tertiary/aromatic N) is 1. The normalized spacial score (nSPS) is 11.5. The molecule has 8 heteroatoms. The second kappa shape index (κ2) is 8.18. The molecule has 6 nitrogen and oxygen atoms in total. The maximum atomic E-state index is 13.3. The summed E-state index contributed by atoms with van der Waals surface area (Å²) in [6.45, 7) is 2.97. The molecule has 2 amide bonds. The van der Waals surface area contributed by atoms with Gasteiger partial charge in [-0.15, -0.1) is 0 Å². The van der Waals surface area contributed by atoms with E-state index in [1.165, 1.54) is 19.2 Å². The summed E-state index contributed by atoms with van der Waals surface area (Å²) in [5, 5.41) is 5.11. The van der Waals surface area contributed by atoms with Gasteiger partial charge >= 0.3 is 0 Å². The van der Waals surface area contributed by atoms with Crippen molar-refractivity contribution in [1.29, 1.82) is 0 Å². The number of nitrogens with one attached hydrogen (secondary N) is 2. The van der Waals surface area contributed by atoms with Gasteiger partial charge in [-0.1, -0.05) is 6.07 Å². The van der Waals surface area contributed by atoms with Crippen LogP contribution < -0.4 is 15.4 Å². The molecule has 1 aromatic carbocycles. The van der Waals surface area contributed by atoms with E-state index in [2.05, 4.69) is 15.6 Å². The molecule has 25 heavy (non-hydrogen) atoms. The number of halogens is 2. The quantitative estimate of drug-likeness (QED) is 0.839. The standard InChI is InChI=1S/C17H17F2N3O3/c1-10(22-11(2)23)16(24)21-9-12-4-3-7-20-17(12)25-13-5-6-14(18)15(19)8-13/h3-8,10H,9H2,1-2H3,(H,21,24)(H,22,23). The van der Waals surface area contributed by atoms with E-state index in [1.807, 2.05) is 0 Å². The smallest absolute Gasteiger partial charge is 0.242 e. The number of hydrogen-bond acceptors (Lipinski definition) is 4. The molecule has 0 aliphatic heterocycles. The highest BCUT2D eigenvalue weighted by Crippen LogP contribution is 2.24. The summed E-state index contributed by atoms with van der Waals surface area (Å²) in [6, 6.07) is 5.76. The summed E-state index contributed by atoms with van der Waals surface area (Å²) >= 11 is 0. The molecule has 2 N–H and O–H groups in total. The van der Waals surface area contributed by atoms with E-state index in [4.69, 9.17) is 4.74 Å². The highest BCUT2D eigenvalue weighted by Gasteiger charge is 2.15. The molecule has 0 bridgehead atoms. The van der Waals surface area contributed by atoms with Crippen LogP contribution in [0.15, 0.2) is 36.5 Å². The first-order valence-corrected chi connectivity index (χ1v) is 7.48. The van der Waals surface area contributed by atoms with Gasteiger partial charge in [0.05, 0.1) is 0 Å². The predicted molar refractivity (Wildman–Crippen MR) is 85.8 cm³/mol. The SMILES string of the molecule is CC(=O)NC(C)C(=O)NCc1cccnc1Oc1ccc(F)c(F)c1. The predicted octanol–water partition coefficient (Wildman–Crippen LogP) is 2.29. The lowest BCUT2D eigenvalue weighted by Gasteiger charge is -2.14. The van der Waals surface area contributed by atoms with Gasteiger partial charge in [0.25, 0.3) is 0 Å². The second-order valence-electron chi connectivity index (χ2n) is 5.29. The molecule has 132 valence electrons. The molecular weight excluding hydrogens is 332 g/mol. The van der Waals surface area contributed by atoms with Gasteiger partial charge in [0.15, 0.2) is 11.6 Å². The first-order valence-electron chi connectivity index (χ1n) is 7.48. The molecule has 1 heterocycles. The average Bonchev–Trinajstić information content (AvgIpc) is 2.56. The topological polar surface area (TPSA) is 80.3 Å². The molecule has 1 atom stereocenters. The molecule has 0 fully saturated rings. The van der Waals surface area contributed by atoms with E-state index < -0.39 is 17.7 Å². The monoisotopic (exact) mass is 349 g/mol. The number of hydrogen-bond donors (Lipinski definition) is 2. The minimum Gasteiger partial charge on any atom is -0.439 e. The Morgan fingerprint density at radius 3 is 2.68 bits per heavy atom. The van der Waals surface area contributed by atoms with Crippen LogP contribution in [-0.4, -0.2) is 22.8 Å². The Bertz CT molecular complexity index is 783. The first kappa shape index (κ1) is 18.3. The molecule has 0 aliphatic rings. The number of carbonyl (C=O) groups is 2. The highest BCUT2D eigenvalue weighted by atomic mass is 19.2. The van der Waals surface area contributed by atoms with Crippen molar-refractivity contribution in [2.24, 2.45) is 0 Å². The van der Waals surface area contributed by atoms with E-state index in [0.717, 1.165) is 12.1 Å². The van der Waals surface area contributed by atoms with Gasteiger partial charge in [-0.2, -0.15) is 0 Å². The molecular formula is C17H17F2N3O3. The number of aromatic nitrogens is 1. The van der Waals surface area contributed by atoms with Gasteiger partial charge in [-0.3, -0.25) is 9.59 Å². The number of rotatable bonds is 6. The van der Waals surface area contributed by atoms with Crippen molar-refractivity contribution >= 4 is 11.8 Å². The van der Waals surface area contributed by atoms with Crippen LogP contribution in [0.2, 0.25) is 0 Å². The summed E-state index contributed by atoms with van der Waals surface area (Å²) < 4.78 is 31.7. The zero-order chi connectivity index (χ0) is 18.4. The minimum atomic E-state index is -1.03. The number of benzene rings is 1. The Kier molecular flexibility index (Phi) is 5.99. The third-order valence-electron chi connectivity index (χ3n) is 3.22. The summed E-state index contributed by atoms with van der Waals surface area (Å²) in [7, 11) is 0. The van der Waals surface area contributed by atoms with Crippen LogP contribution in [0.4, 0.5) is 8.78 Å². The Balaban J connectivity index is 2.06. The Labute approximate surface area is 143 Å². The van der Waals surface area contributed by atoms with Gasteiger partial charge in [0.1, 0.15) is 11.8 Å². The molecule has 1 aromatic heterocycles. The Morgan fingerprint density at radius 1 is 1.24 bits per heavy atom. The van der Waals surface area contributed by atoms with E-state index in [1.54, 1.807) is 19.1 Å².